The van der Waals surface area contributed by atoms with Crippen molar-refractivity contribution in [2.45, 2.75) is 20.4 Å². The molecule has 1 heterocycles. The summed E-state index contributed by atoms with van der Waals surface area (Å²) in [6.45, 7) is 4.08. The van der Waals surface area contributed by atoms with Gasteiger partial charge in [0.1, 0.15) is 11.5 Å². The summed E-state index contributed by atoms with van der Waals surface area (Å²) in [5.41, 5.74) is 8.51. The first-order chi connectivity index (χ1) is 8.99. The maximum absolute atomic E-state index is 12.4. The maximum atomic E-state index is 12.4. The van der Waals surface area contributed by atoms with Crippen LogP contribution in [-0.4, -0.2) is 23.0 Å². The average molecular weight is 259 g/mol. The first-order valence-electron chi connectivity index (χ1n) is 6.02. The van der Waals surface area contributed by atoms with Crippen LogP contribution in [0.4, 0.5) is 5.69 Å². The van der Waals surface area contributed by atoms with Gasteiger partial charge in [-0.3, -0.25) is 4.79 Å². The molecular formula is C14H17N3O2. The van der Waals surface area contributed by atoms with Crippen LogP contribution in [0.2, 0.25) is 0 Å². The predicted molar refractivity (Wildman–Crippen MR) is 72.6 cm³/mol. The highest BCUT2D eigenvalue weighted by atomic mass is 16.5. The van der Waals surface area contributed by atoms with Crippen LogP contribution in [0.1, 0.15) is 27.4 Å². The first kappa shape index (κ1) is 13.1. The lowest BCUT2D eigenvalue weighted by molar-refractivity contribution is 0.0782. The molecule has 0 aliphatic carbocycles. The van der Waals surface area contributed by atoms with Crippen LogP contribution in [0.25, 0.3) is 0 Å². The molecule has 1 aromatic carbocycles. The zero-order valence-corrected chi connectivity index (χ0v) is 11.3. The van der Waals surface area contributed by atoms with Crippen LogP contribution < -0.4 is 5.73 Å². The van der Waals surface area contributed by atoms with Crippen molar-refractivity contribution in [3.8, 4) is 0 Å². The Morgan fingerprint density at radius 2 is 2.16 bits per heavy atom. The van der Waals surface area contributed by atoms with E-state index in [9.17, 15) is 4.79 Å². The maximum Gasteiger partial charge on any atom is 0.256 e. The van der Waals surface area contributed by atoms with E-state index in [1.807, 2.05) is 32.0 Å². The average Bonchev–Trinajstić information content (AvgIpc) is 2.74. The number of benzene rings is 1. The molecule has 0 aliphatic rings. The van der Waals surface area contributed by atoms with Crippen molar-refractivity contribution in [2.24, 2.45) is 0 Å². The third-order valence-electron chi connectivity index (χ3n) is 2.94. The number of carbonyl (C=O) groups is 1. The molecule has 0 saturated heterocycles. The second kappa shape index (κ2) is 5.14. The monoisotopic (exact) mass is 259 g/mol. The van der Waals surface area contributed by atoms with Crippen molar-refractivity contribution in [1.82, 2.24) is 10.1 Å². The molecule has 0 fully saturated rings. The normalized spacial score (nSPS) is 10.5. The number of anilines is 1. The largest absolute Gasteiger partial charge is 0.398 e. The topological polar surface area (TPSA) is 72.4 Å². The van der Waals surface area contributed by atoms with Gasteiger partial charge in [-0.05, 0) is 25.5 Å². The van der Waals surface area contributed by atoms with Gasteiger partial charge < -0.3 is 15.2 Å². The lowest BCUT2D eigenvalue weighted by atomic mass is 10.1. The Labute approximate surface area is 112 Å². The van der Waals surface area contributed by atoms with Crippen LogP contribution in [0.5, 0.6) is 0 Å². The summed E-state index contributed by atoms with van der Waals surface area (Å²) in [5, 5.41) is 3.88. The summed E-state index contributed by atoms with van der Waals surface area (Å²) in [7, 11) is 1.72. The number of rotatable bonds is 3. The van der Waals surface area contributed by atoms with Gasteiger partial charge >= 0.3 is 0 Å². The molecule has 2 aromatic rings. The van der Waals surface area contributed by atoms with Gasteiger partial charge in [-0.2, -0.15) is 0 Å². The molecule has 0 radical (unpaired) electrons. The Balaban J connectivity index is 2.19. The number of carbonyl (C=O) groups excluding carboxylic acids is 1. The summed E-state index contributed by atoms with van der Waals surface area (Å²) < 4.78 is 4.99. The van der Waals surface area contributed by atoms with Crippen LogP contribution in [0.3, 0.4) is 0 Å². The number of amides is 1. The standard InChI is InChI=1S/C14H17N3O2/c1-9-5-4-6-12(15)13(9)14(18)17(3)8-11-7-10(2)19-16-11/h4-7H,8,15H2,1-3H3. The highest BCUT2D eigenvalue weighted by molar-refractivity contribution is 6.00. The molecule has 0 saturated carbocycles. The van der Waals surface area contributed by atoms with E-state index in [1.165, 1.54) is 0 Å². The predicted octanol–water partition coefficient (Wildman–Crippen LogP) is 2.15. The van der Waals surface area contributed by atoms with Gasteiger partial charge in [-0.25, -0.2) is 0 Å². The summed E-state index contributed by atoms with van der Waals surface area (Å²) in [6.07, 6.45) is 0. The van der Waals surface area contributed by atoms with Gasteiger partial charge in [-0.1, -0.05) is 17.3 Å². The van der Waals surface area contributed by atoms with Gasteiger partial charge in [0.2, 0.25) is 0 Å². The van der Waals surface area contributed by atoms with E-state index in [0.717, 1.165) is 17.0 Å². The minimum Gasteiger partial charge on any atom is -0.398 e. The Morgan fingerprint density at radius 1 is 1.42 bits per heavy atom. The Hall–Kier alpha value is -2.30. The molecule has 0 atom stereocenters. The molecule has 0 spiro atoms. The van der Waals surface area contributed by atoms with E-state index in [1.54, 1.807) is 18.0 Å². The Kier molecular flexibility index (Phi) is 3.55. The fourth-order valence-corrected chi connectivity index (χ4v) is 1.98. The number of hydrogen-bond donors (Lipinski definition) is 1. The van der Waals surface area contributed by atoms with Crippen LogP contribution in [0, 0.1) is 13.8 Å². The van der Waals surface area contributed by atoms with Crippen molar-refractivity contribution in [2.75, 3.05) is 12.8 Å². The summed E-state index contributed by atoms with van der Waals surface area (Å²) >= 11 is 0. The van der Waals surface area contributed by atoms with E-state index in [-0.39, 0.29) is 5.91 Å². The molecule has 5 nitrogen and oxygen atoms in total. The van der Waals surface area contributed by atoms with Crippen molar-refractivity contribution in [1.29, 1.82) is 0 Å². The molecule has 1 aromatic heterocycles. The van der Waals surface area contributed by atoms with E-state index in [4.69, 9.17) is 10.3 Å². The second-order valence-corrected chi connectivity index (χ2v) is 4.63. The third-order valence-corrected chi connectivity index (χ3v) is 2.94. The minimum absolute atomic E-state index is 0.115. The number of nitrogens with two attached hydrogens (primary N) is 1. The van der Waals surface area contributed by atoms with E-state index in [2.05, 4.69) is 5.16 Å². The van der Waals surface area contributed by atoms with Gasteiger partial charge in [0.05, 0.1) is 12.1 Å². The van der Waals surface area contributed by atoms with E-state index in [0.29, 0.717) is 17.8 Å². The van der Waals surface area contributed by atoms with Crippen molar-refractivity contribution < 1.29 is 9.32 Å². The van der Waals surface area contributed by atoms with E-state index >= 15 is 0 Å². The van der Waals surface area contributed by atoms with E-state index < -0.39 is 0 Å². The van der Waals surface area contributed by atoms with Crippen LogP contribution >= 0.6 is 0 Å². The first-order valence-corrected chi connectivity index (χ1v) is 6.02. The molecule has 19 heavy (non-hydrogen) atoms. The van der Waals surface area contributed by atoms with Crippen molar-refractivity contribution >= 4 is 11.6 Å². The Bertz CT molecular complexity index is 584. The molecule has 2 N–H and O–H groups in total. The molecule has 5 heteroatoms. The smallest absolute Gasteiger partial charge is 0.256 e. The van der Waals surface area contributed by atoms with Crippen LogP contribution in [0.15, 0.2) is 28.8 Å². The number of nitrogens with zero attached hydrogens (tertiary/aromatic N) is 2. The summed E-state index contributed by atoms with van der Waals surface area (Å²) in [4.78, 5) is 14.0. The Morgan fingerprint density at radius 3 is 2.74 bits per heavy atom. The SMILES string of the molecule is Cc1cc(CN(C)C(=O)c2c(C)cccc2N)no1. The molecule has 100 valence electrons. The highest BCUT2D eigenvalue weighted by Gasteiger charge is 2.18. The molecule has 0 aliphatic heterocycles. The lowest BCUT2D eigenvalue weighted by Crippen LogP contribution is -2.27. The van der Waals surface area contributed by atoms with Gasteiger partial charge in [-0.15, -0.1) is 0 Å². The summed E-state index contributed by atoms with van der Waals surface area (Å²) in [5.74, 6) is 0.613. The molecular weight excluding hydrogens is 242 g/mol. The lowest BCUT2D eigenvalue weighted by Gasteiger charge is -2.18. The fourth-order valence-electron chi connectivity index (χ4n) is 1.98. The quantitative estimate of drug-likeness (QED) is 0.857. The number of aromatic nitrogens is 1. The van der Waals surface area contributed by atoms with Crippen LogP contribution in [-0.2, 0) is 6.54 Å². The van der Waals surface area contributed by atoms with Gasteiger partial charge in [0.25, 0.3) is 5.91 Å². The molecule has 1 amide bonds. The minimum atomic E-state index is -0.115. The third kappa shape index (κ3) is 2.76. The van der Waals surface area contributed by atoms with Crippen molar-refractivity contribution in [3.05, 3.63) is 46.8 Å². The number of aryl methyl sites for hydroxylation is 2. The molecule has 0 bridgehead atoms. The fraction of sp³-hybridized carbons (Fsp3) is 0.286. The highest BCUT2D eigenvalue weighted by Crippen LogP contribution is 2.19. The van der Waals surface area contributed by atoms with Gasteiger partial charge in [0.15, 0.2) is 0 Å². The zero-order valence-electron chi connectivity index (χ0n) is 11.3. The number of hydrogen-bond acceptors (Lipinski definition) is 4. The second-order valence-electron chi connectivity index (χ2n) is 4.63. The van der Waals surface area contributed by atoms with Gasteiger partial charge in [0, 0.05) is 18.8 Å². The molecule has 0 unspecified atom stereocenters. The zero-order chi connectivity index (χ0) is 14.0. The summed E-state index contributed by atoms with van der Waals surface area (Å²) in [6, 6.07) is 7.25. The number of nitrogen functional groups attached to an aromatic ring is 1. The molecule has 2 rings (SSSR count). The van der Waals surface area contributed by atoms with Crippen molar-refractivity contribution in [3.63, 3.8) is 0 Å².